The van der Waals surface area contributed by atoms with E-state index in [0.29, 0.717) is 0 Å². The van der Waals surface area contributed by atoms with Crippen LogP contribution in [-0.4, -0.2) is 33.2 Å². The maximum absolute atomic E-state index is 10.6. The molecule has 0 spiro atoms. The highest BCUT2D eigenvalue weighted by Crippen LogP contribution is 2.19. The molecule has 6 heteroatoms. The van der Waals surface area contributed by atoms with Gasteiger partial charge in [-0.2, -0.15) is 0 Å². The maximum Gasteiger partial charge on any atom is 0.322 e. The molecule has 1 heterocycles. The summed E-state index contributed by atoms with van der Waals surface area (Å²) in [5.74, 6) is -0.0818. The van der Waals surface area contributed by atoms with Gasteiger partial charge in [-0.05, 0) is 25.1 Å². The van der Waals surface area contributed by atoms with Crippen LogP contribution in [0.25, 0.3) is 11.0 Å². The summed E-state index contributed by atoms with van der Waals surface area (Å²) in [5.41, 5.74) is 8.16. The monoisotopic (exact) mass is 248 g/mol. The molecule has 1 unspecified atom stereocenters. The molecule has 0 saturated carbocycles. The number of nitrogens with one attached hydrogen (secondary N) is 1. The Morgan fingerprint density at radius 1 is 1.61 bits per heavy atom. The zero-order valence-corrected chi connectivity index (χ0v) is 10.3. The van der Waals surface area contributed by atoms with Crippen molar-refractivity contribution in [3.05, 3.63) is 24.0 Å². The highest BCUT2D eigenvalue weighted by atomic mass is 16.4. The van der Waals surface area contributed by atoms with Crippen molar-refractivity contribution in [3.8, 4) is 0 Å². The largest absolute Gasteiger partial charge is 0.480 e. The van der Waals surface area contributed by atoms with Crippen LogP contribution in [0.15, 0.2) is 18.2 Å². The first-order valence-electron chi connectivity index (χ1n) is 5.64. The summed E-state index contributed by atoms with van der Waals surface area (Å²) >= 11 is 0. The fourth-order valence-electron chi connectivity index (χ4n) is 1.75. The molecule has 2 aromatic rings. The minimum Gasteiger partial charge on any atom is -0.480 e. The third-order valence-corrected chi connectivity index (χ3v) is 2.95. The Hall–Kier alpha value is -2.08. The lowest BCUT2D eigenvalue weighted by Gasteiger charge is -2.09. The molecule has 0 fully saturated rings. The highest BCUT2D eigenvalue weighted by Gasteiger charge is 2.11. The lowest BCUT2D eigenvalue weighted by Crippen LogP contribution is -2.36. The first-order chi connectivity index (χ1) is 8.49. The second-order valence-corrected chi connectivity index (χ2v) is 4.25. The van der Waals surface area contributed by atoms with Crippen molar-refractivity contribution in [3.63, 3.8) is 0 Å². The Labute approximate surface area is 104 Å². The Kier molecular flexibility index (Phi) is 3.20. The molecule has 1 atom stereocenters. The molecule has 0 amide bonds. The van der Waals surface area contributed by atoms with Crippen LogP contribution in [0.4, 0.5) is 5.69 Å². The second kappa shape index (κ2) is 4.66. The van der Waals surface area contributed by atoms with Crippen LogP contribution in [-0.2, 0) is 11.8 Å². The average molecular weight is 248 g/mol. The number of carboxylic acids is 1. The lowest BCUT2D eigenvalue weighted by atomic mass is 10.2. The number of hydrogen-bond donors (Lipinski definition) is 3. The Morgan fingerprint density at radius 3 is 3.00 bits per heavy atom. The van der Waals surface area contributed by atoms with Crippen LogP contribution in [0, 0.1) is 6.92 Å². The Morgan fingerprint density at radius 2 is 2.33 bits per heavy atom. The van der Waals surface area contributed by atoms with E-state index in [2.05, 4.69) is 10.3 Å². The molecule has 0 saturated heterocycles. The molecular formula is C12H16N4O2. The van der Waals surface area contributed by atoms with Gasteiger partial charge in [-0.1, -0.05) is 0 Å². The molecule has 18 heavy (non-hydrogen) atoms. The van der Waals surface area contributed by atoms with Gasteiger partial charge in [0.05, 0.1) is 11.0 Å². The van der Waals surface area contributed by atoms with Crippen LogP contribution in [0.2, 0.25) is 0 Å². The van der Waals surface area contributed by atoms with E-state index in [1.165, 1.54) is 0 Å². The molecule has 1 aromatic heterocycles. The molecular weight excluding hydrogens is 232 g/mol. The van der Waals surface area contributed by atoms with Crippen molar-refractivity contribution in [2.45, 2.75) is 13.0 Å². The number of anilines is 1. The van der Waals surface area contributed by atoms with E-state index < -0.39 is 12.0 Å². The minimum absolute atomic E-state index is 0.187. The van der Waals surface area contributed by atoms with Crippen LogP contribution in [0.5, 0.6) is 0 Å². The van der Waals surface area contributed by atoms with E-state index in [1.54, 1.807) is 0 Å². The summed E-state index contributed by atoms with van der Waals surface area (Å²) in [4.78, 5) is 15.0. The SMILES string of the molecule is Cc1nc2cc(NCC(N)C(=O)O)ccc2n1C. The number of nitrogens with zero attached hydrogens (tertiary/aromatic N) is 2. The molecule has 0 aliphatic heterocycles. The quantitative estimate of drug-likeness (QED) is 0.740. The molecule has 96 valence electrons. The van der Waals surface area contributed by atoms with E-state index >= 15 is 0 Å². The van der Waals surface area contributed by atoms with Crippen LogP contribution < -0.4 is 11.1 Å². The molecule has 0 bridgehead atoms. The van der Waals surface area contributed by atoms with Gasteiger partial charge in [0, 0.05) is 19.3 Å². The number of fused-ring (bicyclic) bond motifs is 1. The summed E-state index contributed by atoms with van der Waals surface area (Å²) in [6.07, 6.45) is 0. The van der Waals surface area contributed by atoms with Crippen molar-refractivity contribution in [2.24, 2.45) is 12.8 Å². The number of aromatic nitrogens is 2. The summed E-state index contributed by atoms with van der Waals surface area (Å²) < 4.78 is 2.00. The highest BCUT2D eigenvalue weighted by molar-refractivity contribution is 5.80. The van der Waals surface area contributed by atoms with E-state index in [0.717, 1.165) is 22.5 Å². The predicted molar refractivity (Wildman–Crippen MR) is 69.6 cm³/mol. The van der Waals surface area contributed by atoms with Gasteiger partial charge < -0.3 is 20.7 Å². The molecule has 0 aliphatic carbocycles. The standard InChI is InChI=1S/C12H16N4O2/c1-7-15-10-5-8(3-4-11(10)16(7)2)14-6-9(13)12(17)18/h3-5,9,14H,6,13H2,1-2H3,(H,17,18). The first-order valence-corrected chi connectivity index (χ1v) is 5.64. The normalized spacial score (nSPS) is 12.6. The molecule has 0 radical (unpaired) electrons. The van der Waals surface area contributed by atoms with Crippen LogP contribution >= 0.6 is 0 Å². The van der Waals surface area contributed by atoms with Gasteiger partial charge in [-0.25, -0.2) is 4.98 Å². The van der Waals surface area contributed by atoms with E-state index in [9.17, 15) is 4.79 Å². The number of imidazole rings is 1. The number of carboxylic acid groups (broad SMARTS) is 1. The minimum atomic E-state index is -1.02. The number of aryl methyl sites for hydroxylation is 2. The van der Waals surface area contributed by atoms with Gasteiger partial charge in [0.1, 0.15) is 11.9 Å². The summed E-state index contributed by atoms with van der Waals surface area (Å²) in [6.45, 7) is 2.13. The number of nitrogens with two attached hydrogens (primary N) is 1. The zero-order valence-electron chi connectivity index (χ0n) is 10.3. The number of rotatable bonds is 4. The lowest BCUT2D eigenvalue weighted by molar-refractivity contribution is -0.138. The van der Waals surface area contributed by atoms with Gasteiger partial charge in [0.25, 0.3) is 0 Å². The van der Waals surface area contributed by atoms with Crippen molar-refractivity contribution in [2.75, 3.05) is 11.9 Å². The zero-order chi connectivity index (χ0) is 13.3. The fraction of sp³-hybridized carbons (Fsp3) is 0.333. The molecule has 4 N–H and O–H groups in total. The van der Waals surface area contributed by atoms with Crippen molar-refractivity contribution >= 4 is 22.7 Å². The van der Waals surface area contributed by atoms with Crippen molar-refractivity contribution in [1.29, 1.82) is 0 Å². The number of benzene rings is 1. The number of carbonyl (C=O) groups is 1. The third-order valence-electron chi connectivity index (χ3n) is 2.95. The van der Waals surface area contributed by atoms with Gasteiger partial charge >= 0.3 is 5.97 Å². The summed E-state index contributed by atoms with van der Waals surface area (Å²) in [6, 6.07) is 4.81. The van der Waals surface area contributed by atoms with E-state index in [4.69, 9.17) is 10.8 Å². The second-order valence-electron chi connectivity index (χ2n) is 4.25. The molecule has 0 aliphatic rings. The van der Waals surface area contributed by atoms with Crippen molar-refractivity contribution < 1.29 is 9.90 Å². The average Bonchev–Trinajstić information content (AvgIpc) is 2.61. The fourth-order valence-corrected chi connectivity index (χ4v) is 1.75. The molecule has 6 nitrogen and oxygen atoms in total. The van der Waals surface area contributed by atoms with Gasteiger partial charge in [0.2, 0.25) is 0 Å². The predicted octanol–water partition coefficient (Wildman–Crippen LogP) is 0.706. The molecule has 1 aromatic carbocycles. The van der Waals surface area contributed by atoms with Gasteiger partial charge in [-0.3, -0.25) is 4.79 Å². The van der Waals surface area contributed by atoms with Crippen molar-refractivity contribution in [1.82, 2.24) is 9.55 Å². The van der Waals surface area contributed by atoms with Gasteiger partial charge in [-0.15, -0.1) is 0 Å². The smallest absolute Gasteiger partial charge is 0.322 e. The Bertz CT molecular complexity index is 591. The summed E-state index contributed by atoms with van der Waals surface area (Å²) in [7, 11) is 1.96. The number of hydrogen-bond acceptors (Lipinski definition) is 4. The van der Waals surface area contributed by atoms with Crippen LogP contribution in [0.3, 0.4) is 0 Å². The van der Waals surface area contributed by atoms with Gasteiger partial charge in [0.15, 0.2) is 0 Å². The Balaban J connectivity index is 2.18. The third kappa shape index (κ3) is 2.28. The van der Waals surface area contributed by atoms with Crippen LogP contribution in [0.1, 0.15) is 5.82 Å². The topological polar surface area (TPSA) is 93.2 Å². The van der Waals surface area contributed by atoms with E-state index in [1.807, 2.05) is 36.7 Å². The maximum atomic E-state index is 10.6. The van der Waals surface area contributed by atoms with E-state index in [-0.39, 0.29) is 6.54 Å². The summed E-state index contributed by atoms with van der Waals surface area (Å²) in [5, 5.41) is 11.7. The molecule has 2 rings (SSSR count). The first kappa shape index (κ1) is 12.4. The number of aliphatic carboxylic acids is 1.